The Morgan fingerprint density at radius 1 is 1.31 bits per heavy atom. The summed E-state index contributed by atoms with van der Waals surface area (Å²) in [6, 6.07) is 10.4. The topological polar surface area (TPSA) is 42.1 Å². The summed E-state index contributed by atoms with van der Waals surface area (Å²) in [4.78, 5) is 1.65. The van der Waals surface area contributed by atoms with Gasteiger partial charge < -0.3 is 19.5 Å². The van der Waals surface area contributed by atoms with E-state index in [0.717, 1.165) is 47.6 Å². The molecular weight excluding hydrogens is 394 g/mol. The van der Waals surface area contributed by atoms with E-state index in [4.69, 9.17) is 9.15 Å². The standard InChI is InChI=1S/C20H22BrN3O2/c1-2-23-9-7-20(8-10-23)24-17(13-16(22-24)19-4-3-11-25-19)15-12-14(21)5-6-18(15)26-20/h3-6,11-13,17,22H,2,7-10H2,1H3/p+1/t17-/m0/s1. The second-order valence-electron chi connectivity index (χ2n) is 7.32. The van der Waals surface area contributed by atoms with Crippen molar-refractivity contribution >= 4 is 21.6 Å². The molecular formula is C20H23BrN3O2+. The summed E-state index contributed by atoms with van der Waals surface area (Å²) >= 11 is 3.61. The highest BCUT2D eigenvalue weighted by Gasteiger charge is 2.52. The van der Waals surface area contributed by atoms with Crippen molar-refractivity contribution in [3.63, 3.8) is 0 Å². The number of nitrogens with zero attached hydrogens (tertiary/aromatic N) is 1. The number of benzene rings is 1. The fourth-order valence-corrected chi connectivity index (χ4v) is 4.79. The molecule has 1 fully saturated rings. The fraction of sp³-hybridized carbons (Fsp3) is 0.400. The first-order valence-corrected chi connectivity index (χ1v) is 10.1. The van der Waals surface area contributed by atoms with E-state index in [-0.39, 0.29) is 11.8 Å². The van der Waals surface area contributed by atoms with Gasteiger partial charge in [-0.25, -0.2) is 0 Å². The Balaban J connectivity index is 1.56. The van der Waals surface area contributed by atoms with Gasteiger partial charge in [0, 0.05) is 10.0 Å². The predicted molar refractivity (Wildman–Crippen MR) is 102 cm³/mol. The van der Waals surface area contributed by atoms with Crippen LogP contribution in [-0.2, 0) is 0 Å². The van der Waals surface area contributed by atoms with Crippen LogP contribution in [0.25, 0.3) is 5.70 Å². The summed E-state index contributed by atoms with van der Waals surface area (Å²) in [6.07, 6.45) is 5.99. The summed E-state index contributed by atoms with van der Waals surface area (Å²) < 4.78 is 13.4. The largest absolute Gasteiger partial charge is 0.470 e. The van der Waals surface area contributed by atoms with Crippen molar-refractivity contribution in [2.75, 3.05) is 19.6 Å². The summed E-state index contributed by atoms with van der Waals surface area (Å²) in [5.41, 5.74) is 5.49. The van der Waals surface area contributed by atoms with E-state index in [1.807, 2.05) is 12.1 Å². The Kier molecular flexibility index (Phi) is 3.88. The van der Waals surface area contributed by atoms with E-state index in [1.54, 1.807) is 11.2 Å². The number of halogens is 1. The van der Waals surface area contributed by atoms with Crippen LogP contribution in [0.2, 0.25) is 0 Å². The molecule has 3 aliphatic heterocycles. The van der Waals surface area contributed by atoms with Gasteiger partial charge in [0.25, 0.3) is 0 Å². The third-order valence-electron chi connectivity index (χ3n) is 5.90. The number of piperidine rings is 1. The predicted octanol–water partition coefficient (Wildman–Crippen LogP) is 2.73. The molecule has 5 rings (SSSR count). The Morgan fingerprint density at radius 2 is 2.15 bits per heavy atom. The maximum absolute atomic E-state index is 6.65. The molecule has 136 valence electrons. The van der Waals surface area contributed by atoms with E-state index >= 15 is 0 Å². The van der Waals surface area contributed by atoms with E-state index in [9.17, 15) is 0 Å². The molecule has 1 saturated heterocycles. The summed E-state index contributed by atoms with van der Waals surface area (Å²) in [5.74, 6) is 1.86. The minimum atomic E-state index is -0.311. The number of nitrogens with one attached hydrogen (secondary N) is 2. The van der Waals surface area contributed by atoms with E-state index in [1.165, 1.54) is 12.1 Å². The Labute approximate surface area is 161 Å². The minimum Gasteiger partial charge on any atom is -0.470 e. The van der Waals surface area contributed by atoms with Gasteiger partial charge in [0.05, 0.1) is 50.5 Å². The summed E-state index contributed by atoms with van der Waals surface area (Å²) in [6.45, 7) is 5.69. The summed E-state index contributed by atoms with van der Waals surface area (Å²) in [5, 5.41) is 2.31. The Hall–Kier alpha value is -1.76. The van der Waals surface area contributed by atoms with E-state index in [0.29, 0.717) is 0 Å². The number of quaternary nitrogens is 1. The fourth-order valence-electron chi connectivity index (χ4n) is 4.41. The zero-order valence-electron chi connectivity index (χ0n) is 14.8. The molecule has 0 saturated carbocycles. The highest BCUT2D eigenvalue weighted by molar-refractivity contribution is 9.10. The molecule has 0 radical (unpaired) electrons. The number of rotatable bonds is 2. The number of furan rings is 1. The number of hydrogen-bond donors (Lipinski definition) is 2. The maximum Gasteiger partial charge on any atom is 0.191 e. The lowest BCUT2D eigenvalue weighted by molar-refractivity contribution is -0.906. The normalized spacial score (nSPS) is 30.3. The highest BCUT2D eigenvalue weighted by atomic mass is 79.9. The van der Waals surface area contributed by atoms with Crippen LogP contribution >= 0.6 is 15.9 Å². The molecule has 3 aliphatic rings. The van der Waals surface area contributed by atoms with Crippen LogP contribution in [0.4, 0.5) is 0 Å². The van der Waals surface area contributed by atoms with Gasteiger partial charge in [-0.3, -0.25) is 0 Å². The number of ether oxygens (including phenoxy) is 1. The maximum atomic E-state index is 6.65. The third-order valence-corrected chi connectivity index (χ3v) is 6.39. The monoisotopic (exact) mass is 416 g/mol. The van der Waals surface area contributed by atoms with Crippen LogP contribution in [0.15, 0.2) is 51.6 Å². The Morgan fingerprint density at radius 3 is 2.88 bits per heavy atom. The molecule has 1 spiro atoms. The van der Waals surface area contributed by atoms with Crippen molar-refractivity contribution in [2.24, 2.45) is 0 Å². The quantitative estimate of drug-likeness (QED) is 0.789. The molecule has 0 unspecified atom stereocenters. The molecule has 6 heteroatoms. The molecule has 2 N–H and O–H groups in total. The lowest BCUT2D eigenvalue weighted by atomic mass is 9.93. The summed E-state index contributed by atoms with van der Waals surface area (Å²) in [7, 11) is 0. The van der Waals surface area contributed by atoms with Crippen molar-refractivity contribution in [2.45, 2.75) is 31.5 Å². The van der Waals surface area contributed by atoms with Crippen LogP contribution in [0.1, 0.15) is 37.1 Å². The molecule has 1 aromatic heterocycles. The van der Waals surface area contributed by atoms with Gasteiger partial charge in [-0.1, -0.05) is 15.9 Å². The first-order chi connectivity index (χ1) is 12.7. The van der Waals surface area contributed by atoms with E-state index < -0.39 is 0 Å². The lowest BCUT2D eigenvalue weighted by Crippen LogP contribution is -3.13. The second kappa shape index (κ2) is 6.15. The van der Waals surface area contributed by atoms with Crippen LogP contribution in [0, 0.1) is 0 Å². The zero-order valence-corrected chi connectivity index (χ0v) is 16.4. The molecule has 1 atom stereocenters. The van der Waals surface area contributed by atoms with Crippen LogP contribution in [0.5, 0.6) is 5.75 Å². The molecule has 26 heavy (non-hydrogen) atoms. The minimum absolute atomic E-state index is 0.138. The van der Waals surface area contributed by atoms with Crippen LogP contribution in [-0.4, -0.2) is 30.4 Å². The molecule has 0 aliphatic carbocycles. The van der Waals surface area contributed by atoms with Crippen molar-refractivity contribution in [1.29, 1.82) is 0 Å². The van der Waals surface area contributed by atoms with Gasteiger partial charge in [-0.15, -0.1) is 0 Å². The Bertz CT molecular complexity index is 841. The molecule has 0 bridgehead atoms. The van der Waals surface area contributed by atoms with Crippen molar-refractivity contribution in [3.05, 3.63) is 58.5 Å². The van der Waals surface area contributed by atoms with Crippen molar-refractivity contribution in [3.8, 4) is 5.75 Å². The van der Waals surface area contributed by atoms with Crippen LogP contribution < -0.4 is 15.1 Å². The molecule has 0 amide bonds. The zero-order chi connectivity index (χ0) is 17.7. The second-order valence-corrected chi connectivity index (χ2v) is 8.23. The van der Waals surface area contributed by atoms with Crippen molar-refractivity contribution in [1.82, 2.24) is 10.4 Å². The van der Waals surface area contributed by atoms with Gasteiger partial charge >= 0.3 is 0 Å². The molecule has 1 aromatic carbocycles. The van der Waals surface area contributed by atoms with Gasteiger partial charge in [-0.2, -0.15) is 5.01 Å². The van der Waals surface area contributed by atoms with Crippen molar-refractivity contribution < 1.29 is 14.1 Å². The number of hydrazine groups is 1. The lowest BCUT2D eigenvalue weighted by Gasteiger charge is -2.50. The number of likely N-dealkylation sites (tertiary alicyclic amines) is 1. The molecule has 5 nitrogen and oxygen atoms in total. The van der Waals surface area contributed by atoms with Gasteiger partial charge in [-0.05, 0) is 43.3 Å². The number of hydrogen-bond acceptors (Lipinski definition) is 4. The average molecular weight is 417 g/mol. The third kappa shape index (κ3) is 2.51. The first kappa shape index (κ1) is 16.4. The molecule has 2 aromatic rings. The average Bonchev–Trinajstić information content (AvgIpc) is 3.33. The highest BCUT2D eigenvalue weighted by Crippen LogP contribution is 2.48. The van der Waals surface area contributed by atoms with Gasteiger partial charge in [0.15, 0.2) is 11.5 Å². The number of fused-ring (bicyclic) bond motifs is 4. The van der Waals surface area contributed by atoms with Gasteiger partial charge in [0.1, 0.15) is 5.75 Å². The van der Waals surface area contributed by atoms with E-state index in [2.05, 4.69) is 57.6 Å². The first-order valence-electron chi connectivity index (χ1n) is 9.32. The van der Waals surface area contributed by atoms with Crippen LogP contribution in [0.3, 0.4) is 0 Å². The van der Waals surface area contributed by atoms with Gasteiger partial charge in [0.2, 0.25) is 0 Å². The SMILES string of the molecule is CC[NH+]1CCC2(CC1)Oc1ccc(Br)cc1[C@@H]1C=C(c3ccco3)NN12. The smallest absolute Gasteiger partial charge is 0.191 e. The molecule has 4 heterocycles.